The van der Waals surface area contributed by atoms with Gasteiger partial charge in [0.1, 0.15) is 48.3 Å². The molecule has 10 atom stereocenters. The van der Waals surface area contributed by atoms with Crippen molar-refractivity contribution >= 4 is 50.1 Å². The molecule has 4 aliphatic rings. The molecule has 0 saturated carbocycles. The Hall–Kier alpha value is -3.24. The molecule has 46 heavy (non-hydrogen) atoms. The zero-order valence-corrected chi connectivity index (χ0v) is 25.1. The fraction of sp³-hybridized carbons (Fsp3) is 0.545. The van der Waals surface area contributed by atoms with Crippen molar-refractivity contribution < 1.29 is 61.5 Å². The summed E-state index contributed by atoms with van der Waals surface area (Å²) in [7, 11) is -9.98. The van der Waals surface area contributed by atoms with E-state index < -0.39 is 90.1 Å². The van der Waals surface area contributed by atoms with Crippen LogP contribution in [0.15, 0.2) is 24.0 Å². The molecule has 3 aromatic rings. The van der Waals surface area contributed by atoms with Crippen molar-refractivity contribution in [1.82, 2.24) is 29.1 Å². The molecule has 0 aliphatic carbocycles. The van der Waals surface area contributed by atoms with Crippen LogP contribution in [-0.2, 0) is 36.7 Å². The Morgan fingerprint density at radius 1 is 0.848 bits per heavy atom. The van der Waals surface area contributed by atoms with Gasteiger partial charge in [-0.3, -0.25) is 32.0 Å². The van der Waals surface area contributed by atoms with Crippen molar-refractivity contribution in [2.75, 3.05) is 25.6 Å². The van der Waals surface area contributed by atoms with Crippen LogP contribution in [-0.4, -0.2) is 111 Å². The van der Waals surface area contributed by atoms with Gasteiger partial charge in [0.25, 0.3) is 0 Å². The molecule has 3 aromatic heterocycles. The molecule has 0 spiro atoms. The van der Waals surface area contributed by atoms with Crippen molar-refractivity contribution in [2.24, 2.45) is 16.6 Å². The molecule has 0 aromatic carbocycles. The number of rotatable bonds is 2. The number of nitrogens with two attached hydrogens (primary N) is 2. The number of amidine groups is 1. The maximum absolute atomic E-state index is 13.2. The van der Waals surface area contributed by atoms with E-state index in [0.29, 0.717) is 0 Å². The Bertz CT molecular complexity index is 1820. The fourth-order valence-electron chi connectivity index (χ4n) is 5.65. The number of imidazole rings is 2. The average molecular weight is 687 g/mol. The number of aliphatic hydroxyl groups excluding tert-OH is 2. The second kappa shape index (κ2) is 11.5. The fourth-order valence-corrected chi connectivity index (χ4v) is 7.36. The van der Waals surface area contributed by atoms with E-state index in [1.807, 2.05) is 0 Å². The first-order valence-electron chi connectivity index (χ1n) is 13.6. The van der Waals surface area contributed by atoms with Crippen molar-refractivity contribution in [2.45, 2.75) is 49.4 Å². The van der Waals surface area contributed by atoms with E-state index in [2.05, 4.69) is 24.9 Å². The van der Waals surface area contributed by atoms with Gasteiger partial charge in [0.05, 0.1) is 50.9 Å². The van der Waals surface area contributed by atoms with Gasteiger partial charge in [-0.2, -0.15) is 0 Å². The number of ether oxygens (including phenoxy) is 2. The zero-order valence-electron chi connectivity index (χ0n) is 23.3. The van der Waals surface area contributed by atoms with Crippen LogP contribution in [0.25, 0.3) is 11.2 Å². The van der Waals surface area contributed by atoms with Gasteiger partial charge in [-0.05, 0) is 0 Å². The third kappa shape index (κ3) is 5.55. The number of phosphoric ester groups is 2. The molecule has 0 radical (unpaired) electrons. The molecule has 10 unspecified atom stereocenters. The minimum Gasteiger partial charge on any atom is -0.390 e. The van der Waals surface area contributed by atoms with Crippen LogP contribution in [0.1, 0.15) is 29.4 Å². The minimum absolute atomic E-state index is 0.0366. The van der Waals surface area contributed by atoms with Crippen molar-refractivity contribution in [3.8, 4) is 0 Å². The van der Waals surface area contributed by atoms with Gasteiger partial charge in [-0.1, -0.05) is 0 Å². The van der Waals surface area contributed by atoms with Gasteiger partial charge < -0.3 is 40.9 Å². The number of phosphoric acid groups is 2. The minimum atomic E-state index is -5.08. The first-order valence-corrected chi connectivity index (χ1v) is 16.6. The van der Waals surface area contributed by atoms with Crippen LogP contribution in [0, 0.1) is 5.92 Å². The van der Waals surface area contributed by atoms with Crippen molar-refractivity contribution in [3.63, 3.8) is 0 Å². The van der Waals surface area contributed by atoms with Crippen LogP contribution in [0.2, 0.25) is 0 Å². The quantitative estimate of drug-likeness (QED) is 0.170. The number of aliphatic hydroxyl groups is 2. The molecule has 24 heteroatoms. The lowest BCUT2D eigenvalue weighted by atomic mass is 10.0. The van der Waals surface area contributed by atoms with Gasteiger partial charge in [0.2, 0.25) is 0 Å². The van der Waals surface area contributed by atoms with Gasteiger partial charge in [0, 0.05) is 0 Å². The highest BCUT2D eigenvalue weighted by Gasteiger charge is 2.52. The maximum Gasteiger partial charge on any atom is 0.472 e. The summed E-state index contributed by atoms with van der Waals surface area (Å²) in [5.74, 6) is -1.59. The second-order valence-corrected chi connectivity index (χ2v) is 13.6. The molecular weight excluding hydrogens is 660 g/mol. The highest BCUT2D eigenvalue weighted by Crippen LogP contribution is 2.52. The topological polar surface area (TPSA) is 313 Å². The number of nitrogen functional groups attached to an aromatic ring is 1. The van der Waals surface area contributed by atoms with E-state index >= 15 is 0 Å². The highest BCUT2D eigenvalue weighted by atomic mass is 31.2. The molecule has 0 amide bonds. The summed E-state index contributed by atoms with van der Waals surface area (Å²) >= 11 is 0. The number of anilines is 1. The van der Waals surface area contributed by atoms with E-state index in [4.69, 9.17) is 39.0 Å². The monoisotopic (exact) mass is 687 g/mol. The maximum atomic E-state index is 13.2. The zero-order chi connectivity index (χ0) is 32.5. The molecule has 4 aliphatic heterocycles. The first-order chi connectivity index (χ1) is 21.8. The summed E-state index contributed by atoms with van der Waals surface area (Å²) in [6.07, 6.45) is -6.94. The molecule has 3 fully saturated rings. The normalized spacial score (nSPS) is 38.7. The predicted octanol–water partition coefficient (Wildman–Crippen LogP) is -1.34. The van der Waals surface area contributed by atoms with Gasteiger partial charge in [0.15, 0.2) is 35.0 Å². The molecule has 8 N–H and O–H groups in total. The van der Waals surface area contributed by atoms with Gasteiger partial charge in [-0.25, -0.2) is 34.1 Å². The number of hydrogen-bond donors (Lipinski definition) is 6. The van der Waals surface area contributed by atoms with Crippen molar-refractivity contribution in [3.05, 3.63) is 24.7 Å². The SMILES string of the molecule is NC1=Nc2c(ncn2C2OC3COP(=O)(O)OCC4C(O)C(COP(=O)(O)OC2C3O)OC4n2cnc3c(N)ncnc32)C(=O)C1. The number of Topliss-reactive ketones (excluding diaryl/α,β-unsaturated/α-hetero) is 1. The van der Waals surface area contributed by atoms with Gasteiger partial charge >= 0.3 is 15.6 Å². The van der Waals surface area contributed by atoms with E-state index in [1.54, 1.807) is 0 Å². The lowest BCUT2D eigenvalue weighted by Gasteiger charge is -2.25. The molecule has 7 heterocycles. The third-order valence-corrected chi connectivity index (χ3v) is 9.80. The highest BCUT2D eigenvalue weighted by molar-refractivity contribution is 7.47. The summed E-state index contributed by atoms with van der Waals surface area (Å²) in [6.45, 7) is -2.13. The standard InChI is InChI=1S/C22H27N9O13P2/c23-12-1-9(32)13-20(29-12)31(6-27-13)22-17-16(34)11(43-22)4-40-45(35,36)39-2-8-15(33)10(3-41-46(37,38)44-17)42-21(8)30-7-28-14-18(24)25-5-26-19(14)30/h5-8,10-11,15-17,21-22,33-34H,1-4H2,(H2,23,29)(H,35,36)(H,37,38)(H2,24,25,26). The van der Waals surface area contributed by atoms with E-state index in [-0.39, 0.29) is 40.7 Å². The van der Waals surface area contributed by atoms with E-state index in [1.165, 1.54) is 17.2 Å². The van der Waals surface area contributed by atoms with E-state index in [9.17, 15) is 33.9 Å². The molecule has 22 nitrogen and oxygen atoms in total. The summed E-state index contributed by atoms with van der Waals surface area (Å²) in [6, 6.07) is 0. The van der Waals surface area contributed by atoms with Crippen LogP contribution in [0.5, 0.6) is 0 Å². The molecule has 3 saturated heterocycles. The lowest BCUT2D eigenvalue weighted by molar-refractivity contribution is -0.0593. The van der Waals surface area contributed by atoms with Crippen LogP contribution in [0.4, 0.5) is 11.6 Å². The predicted molar refractivity (Wildman–Crippen MR) is 148 cm³/mol. The molecule has 7 rings (SSSR count). The number of ketones is 1. The summed E-state index contributed by atoms with van der Waals surface area (Å²) in [5, 5.41) is 22.2. The Labute approximate surface area is 257 Å². The average Bonchev–Trinajstić information content (AvgIpc) is 3.75. The van der Waals surface area contributed by atoms with Crippen LogP contribution in [0.3, 0.4) is 0 Å². The summed E-state index contributed by atoms with van der Waals surface area (Å²) < 4.78 is 61.4. The summed E-state index contributed by atoms with van der Waals surface area (Å²) in [4.78, 5) is 54.0. The lowest BCUT2D eigenvalue weighted by Crippen LogP contribution is -2.35. The number of nitrogens with zero attached hydrogens (tertiary/aromatic N) is 7. The third-order valence-electron chi connectivity index (χ3n) is 7.86. The number of carbonyl (C=O) groups excluding carboxylic acids is 1. The van der Waals surface area contributed by atoms with Gasteiger partial charge in [-0.15, -0.1) is 0 Å². The molecule has 4 bridgehead atoms. The molecule has 248 valence electrons. The number of aromatic nitrogens is 6. The first kappa shape index (κ1) is 31.4. The number of aliphatic imine (C=N–C) groups is 1. The molecular formula is C22H27N9O13P2. The van der Waals surface area contributed by atoms with Crippen LogP contribution >= 0.6 is 15.6 Å². The number of hydrogen-bond acceptors (Lipinski definition) is 18. The van der Waals surface area contributed by atoms with Crippen molar-refractivity contribution in [1.29, 1.82) is 0 Å². The number of carbonyl (C=O) groups is 1. The Morgan fingerprint density at radius 3 is 2.30 bits per heavy atom. The van der Waals surface area contributed by atoms with Crippen LogP contribution < -0.4 is 11.5 Å². The Balaban J connectivity index is 1.20. The summed E-state index contributed by atoms with van der Waals surface area (Å²) in [5.41, 5.74) is 12.0. The Kier molecular flexibility index (Phi) is 7.82. The Morgan fingerprint density at radius 2 is 1.52 bits per heavy atom. The second-order valence-electron chi connectivity index (χ2n) is 10.8. The largest absolute Gasteiger partial charge is 0.472 e. The smallest absolute Gasteiger partial charge is 0.390 e. The number of fused-ring (bicyclic) bond motifs is 6. The van der Waals surface area contributed by atoms with E-state index in [0.717, 1.165) is 10.9 Å².